The molecule has 24 heavy (non-hydrogen) atoms. The molecule has 1 aromatic heterocycles. The van der Waals surface area contributed by atoms with Crippen LogP contribution in [0.15, 0.2) is 27.7 Å². The van der Waals surface area contributed by atoms with Crippen molar-refractivity contribution in [2.75, 3.05) is 26.2 Å². The van der Waals surface area contributed by atoms with Crippen molar-refractivity contribution < 1.29 is 13.0 Å². The van der Waals surface area contributed by atoms with E-state index in [0.29, 0.717) is 32.7 Å². The number of sulfonamides is 1. The normalized spacial score (nSPS) is 17.3. The standard InChI is InChI=1S/C14H16Cl2N4O3S/c1-10-13(18-23-17-10)9-19-5-7-20(8-6-19)24(21,22)14-11(15)3-2-4-12(14)16/h2-4H,5-9H2,1H3. The summed E-state index contributed by atoms with van der Waals surface area (Å²) in [6, 6.07) is 4.67. The predicted octanol–water partition coefficient (Wildman–Crippen LogP) is 2.19. The zero-order valence-electron chi connectivity index (χ0n) is 12.9. The number of aryl methyl sites for hydroxylation is 1. The molecule has 0 unspecified atom stereocenters. The van der Waals surface area contributed by atoms with Crippen LogP contribution in [0.25, 0.3) is 0 Å². The molecule has 2 aromatic rings. The van der Waals surface area contributed by atoms with Crippen LogP contribution in [0, 0.1) is 6.92 Å². The Bertz CT molecular complexity index is 812. The number of aromatic nitrogens is 2. The Hall–Kier alpha value is -1.19. The molecule has 0 amide bonds. The van der Waals surface area contributed by atoms with Crippen LogP contribution in [-0.2, 0) is 16.6 Å². The van der Waals surface area contributed by atoms with Crippen LogP contribution in [0.4, 0.5) is 0 Å². The fourth-order valence-corrected chi connectivity index (χ4v) is 5.10. The highest BCUT2D eigenvalue weighted by Gasteiger charge is 2.32. The van der Waals surface area contributed by atoms with E-state index in [-0.39, 0.29) is 14.9 Å². The molecule has 1 aliphatic rings. The quantitative estimate of drug-likeness (QED) is 0.795. The van der Waals surface area contributed by atoms with Gasteiger partial charge in [0, 0.05) is 32.7 Å². The number of rotatable bonds is 4. The number of hydrogen-bond donors (Lipinski definition) is 0. The summed E-state index contributed by atoms with van der Waals surface area (Å²) in [5.74, 6) is 0. The lowest BCUT2D eigenvalue weighted by Crippen LogP contribution is -2.48. The predicted molar refractivity (Wildman–Crippen MR) is 89.5 cm³/mol. The topological polar surface area (TPSA) is 79.5 Å². The van der Waals surface area contributed by atoms with E-state index < -0.39 is 10.0 Å². The van der Waals surface area contributed by atoms with E-state index in [0.717, 1.165) is 11.4 Å². The third-order valence-corrected chi connectivity index (χ3v) is 6.82. The minimum absolute atomic E-state index is 0.0293. The molecule has 0 spiro atoms. The number of nitrogens with zero attached hydrogens (tertiary/aromatic N) is 4. The first-order valence-corrected chi connectivity index (χ1v) is 9.54. The summed E-state index contributed by atoms with van der Waals surface area (Å²) in [6.45, 7) is 4.27. The second-order valence-corrected chi connectivity index (χ2v) is 8.22. The highest BCUT2D eigenvalue weighted by Crippen LogP contribution is 2.31. The van der Waals surface area contributed by atoms with E-state index in [9.17, 15) is 8.42 Å². The highest BCUT2D eigenvalue weighted by atomic mass is 35.5. The van der Waals surface area contributed by atoms with Gasteiger partial charge in [-0.1, -0.05) is 39.6 Å². The van der Waals surface area contributed by atoms with Crippen molar-refractivity contribution >= 4 is 33.2 Å². The average molecular weight is 391 g/mol. The van der Waals surface area contributed by atoms with Gasteiger partial charge in [0.2, 0.25) is 10.0 Å². The molecule has 0 aliphatic carbocycles. The Labute approximate surface area is 150 Å². The zero-order chi connectivity index (χ0) is 17.3. The minimum atomic E-state index is -3.72. The van der Waals surface area contributed by atoms with E-state index in [1.54, 1.807) is 6.07 Å². The molecule has 7 nitrogen and oxygen atoms in total. The zero-order valence-corrected chi connectivity index (χ0v) is 15.3. The van der Waals surface area contributed by atoms with Crippen LogP contribution >= 0.6 is 23.2 Å². The number of piperazine rings is 1. The summed E-state index contributed by atoms with van der Waals surface area (Å²) in [7, 11) is -3.72. The number of halogens is 2. The molecule has 3 rings (SSSR count). The summed E-state index contributed by atoms with van der Waals surface area (Å²) in [4.78, 5) is 2.07. The van der Waals surface area contributed by atoms with Gasteiger partial charge in [0.1, 0.15) is 16.3 Å². The molecule has 1 fully saturated rings. The van der Waals surface area contributed by atoms with Crippen LogP contribution in [0.5, 0.6) is 0 Å². The summed E-state index contributed by atoms with van der Waals surface area (Å²) in [6.07, 6.45) is 0. The molecule has 10 heteroatoms. The maximum absolute atomic E-state index is 12.8. The van der Waals surface area contributed by atoms with Gasteiger partial charge >= 0.3 is 0 Å². The monoisotopic (exact) mass is 390 g/mol. The van der Waals surface area contributed by atoms with Gasteiger partial charge in [-0.25, -0.2) is 13.0 Å². The van der Waals surface area contributed by atoms with Gasteiger partial charge in [0.15, 0.2) is 0 Å². The second kappa shape index (κ2) is 6.97. The Morgan fingerprint density at radius 3 is 2.29 bits per heavy atom. The van der Waals surface area contributed by atoms with Crippen molar-refractivity contribution in [1.29, 1.82) is 0 Å². The van der Waals surface area contributed by atoms with Gasteiger partial charge in [0.25, 0.3) is 0 Å². The van der Waals surface area contributed by atoms with Crippen molar-refractivity contribution in [1.82, 2.24) is 19.5 Å². The van der Waals surface area contributed by atoms with Gasteiger partial charge in [0.05, 0.1) is 10.0 Å². The van der Waals surface area contributed by atoms with E-state index in [4.69, 9.17) is 23.2 Å². The highest BCUT2D eigenvalue weighted by molar-refractivity contribution is 7.89. The Morgan fingerprint density at radius 2 is 1.75 bits per heavy atom. The third kappa shape index (κ3) is 3.43. The smallest absolute Gasteiger partial charge is 0.246 e. The van der Waals surface area contributed by atoms with Crippen LogP contribution in [0.2, 0.25) is 10.0 Å². The van der Waals surface area contributed by atoms with E-state index in [1.807, 2.05) is 6.92 Å². The summed E-state index contributed by atoms with van der Waals surface area (Å²) >= 11 is 12.1. The molecule has 1 aliphatic heterocycles. The number of hydrogen-bond acceptors (Lipinski definition) is 6. The maximum atomic E-state index is 12.8. The van der Waals surface area contributed by atoms with E-state index in [2.05, 4.69) is 19.8 Å². The Morgan fingerprint density at radius 1 is 1.12 bits per heavy atom. The van der Waals surface area contributed by atoms with E-state index >= 15 is 0 Å². The summed E-state index contributed by atoms with van der Waals surface area (Å²) in [5.41, 5.74) is 1.51. The molecule has 1 aromatic carbocycles. The Balaban J connectivity index is 1.71. The van der Waals surface area contributed by atoms with Crippen LogP contribution in [-0.4, -0.2) is 54.1 Å². The van der Waals surface area contributed by atoms with Crippen molar-refractivity contribution in [3.8, 4) is 0 Å². The molecular weight excluding hydrogens is 375 g/mol. The number of benzene rings is 1. The first-order valence-electron chi connectivity index (χ1n) is 7.34. The second-order valence-electron chi connectivity index (χ2n) is 5.53. The molecule has 130 valence electrons. The van der Waals surface area contributed by atoms with Crippen molar-refractivity contribution in [3.63, 3.8) is 0 Å². The molecule has 0 N–H and O–H groups in total. The molecule has 0 atom stereocenters. The SMILES string of the molecule is Cc1nonc1CN1CCN(S(=O)(=O)c2c(Cl)cccc2Cl)CC1. The lowest BCUT2D eigenvalue weighted by Gasteiger charge is -2.33. The van der Waals surface area contributed by atoms with E-state index in [1.165, 1.54) is 16.4 Å². The van der Waals surface area contributed by atoms with Crippen molar-refractivity contribution in [2.24, 2.45) is 0 Å². The third-order valence-electron chi connectivity index (χ3n) is 3.97. The first-order chi connectivity index (χ1) is 11.4. The van der Waals surface area contributed by atoms with Crippen molar-refractivity contribution in [3.05, 3.63) is 39.6 Å². The molecule has 2 heterocycles. The molecule has 0 bridgehead atoms. The fourth-order valence-electron chi connectivity index (χ4n) is 2.59. The lowest BCUT2D eigenvalue weighted by atomic mass is 10.3. The Kier molecular flexibility index (Phi) is 5.12. The van der Waals surface area contributed by atoms with Gasteiger partial charge in [-0.2, -0.15) is 4.31 Å². The fraction of sp³-hybridized carbons (Fsp3) is 0.429. The van der Waals surface area contributed by atoms with Gasteiger partial charge in [-0.05, 0) is 19.1 Å². The molecule has 0 radical (unpaired) electrons. The van der Waals surface area contributed by atoms with Crippen LogP contribution in [0.3, 0.4) is 0 Å². The largest absolute Gasteiger partial charge is 0.295 e. The lowest BCUT2D eigenvalue weighted by molar-refractivity contribution is 0.176. The average Bonchev–Trinajstić information content (AvgIpc) is 2.92. The van der Waals surface area contributed by atoms with Crippen LogP contribution in [0.1, 0.15) is 11.4 Å². The van der Waals surface area contributed by atoms with Gasteiger partial charge in [-0.3, -0.25) is 4.90 Å². The molecule has 1 saturated heterocycles. The summed E-state index contributed by atoms with van der Waals surface area (Å²) < 4.78 is 31.7. The summed E-state index contributed by atoms with van der Waals surface area (Å²) in [5, 5.41) is 7.87. The maximum Gasteiger partial charge on any atom is 0.246 e. The van der Waals surface area contributed by atoms with Gasteiger partial charge in [-0.15, -0.1) is 0 Å². The van der Waals surface area contributed by atoms with Crippen LogP contribution < -0.4 is 0 Å². The van der Waals surface area contributed by atoms with Gasteiger partial charge < -0.3 is 0 Å². The first kappa shape index (κ1) is 17.6. The minimum Gasteiger partial charge on any atom is -0.295 e. The molecular formula is C14H16Cl2N4O3S. The van der Waals surface area contributed by atoms with Crippen molar-refractivity contribution in [2.45, 2.75) is 18.4 Å². The molecule has 0 saturated carbocycles.